The van der Waals surface area contributed by atoms with Gasteiger partial charge in [0.25, 0.3) is 0 Å². The number of benzene rings is 8. The van der Waals surface area contributed by atoms with Gasteiger partial charge in [-0.3, -0.25) is 9.13 Å². The van der Waals surface area contributed by atoms with E-state index >= 15 is 0 Å². The summed E-state index contributed by atoms with van der Waals surface area (Å²) >= 11 is 0. The summed E-state index contributed by atoms with van der Waals surface area (Å²) in [6, 6.07) is 78.8. The molecule has 0 unspecified atom stereocenters. The van der Waals surface area contributed by atoms with Crippen LogP contribution in [0.1, 0.15) is 0 Å². The zero-order valence-electron chi connectivity index (χ0n) is 31.1. The largest absolute Gasteiger partial charge is 0.294 e. The van der Waals surface area contributed by atoms with Gasteiger partial charge < -0.3 is 0 Å². The van der Waals surface area contributed by atoms with E-state index in [4.69, 9.17) is 9.97 Å². The zero-order valence-corrected chi connectivity index (χ0v) is 32.1. The SMILES string of the molecule is c1ccc([Si](c2ccccc2)(c2ccccc2)c2ccccc2-c2nc(-n3c4ccccc4c4ccccc43)cc(-n3c4ccccc4c4ccccc43)n2)cc1. The summed E-state index contributed by atoms with van der Waals surface area (Å²) in [4.78, 5) is 11.3. The van der Waals surface area contributed by atoms with E-state index in [1.165, 1.54) is 42.3 Å². The third kappa shape index (κ3) is 5.13. The number of hydrogen-bond acceptors (Lipinski definition) is 2. The van der Waals surface area contributed by atoms with Crippen molar-refractivity contribution in [2.24, 2.45) is 0 Å². The molecule has 0 bridgehead atoms. The summed E-state index contributed by atoms with van der Waals surface area (Å²) < 4.78 is 4.62. The van der Waals surface area contributed by atoms with E-state index in [-0.39, 0.29) is 0 Å². The quantitative estimate of drug-likeness (QED) is 0.120. The van der Waals surface area contributed by atoms with E-state index in [2.05, 4.69) is 228 Å². The van der Waals surface area contributed by atoms with Crippen molar-refractivity contribution in [2.45, 2.75) is 0 Å². The predicted molar refractivity (Wildman–Crippen MR) is 240 cm³/mol. The van der Waals surface area contributed by atoms with Crippen molar-refractivity contribution in [3.63, 3.8) is 0 Å². The minimum Gasteiger partial charge on any atom is -0.294 e. The first kappa shape index (κ1) is 33.0. The smallest absolute Gasteiger partial charge is 0.180 e. The summed E-state index contributed by atoms with van der Waals surface area (Å²) in [5.74, 6) is 2.31. The van der Waals surface area contributed by atoms with Crippen molar-refractivity contribution in [3.8, 4) is 23.0 Å². The second-order valence-electron chi connectivity index (χ2n) is 14.5. The fourth-order valence-electron chi connectivity index (χ4n) is 9.15. The Labute approximate surface area is 331 Å². The molecule has 0 aliphatic rings. The maximum Gasteiger partial charge on any atom is 0.180 e. The van der Waals surface area contributed by atoms with E-state index < -0.39 is 8.07 Å². The van der Waals surface area contributed by atoms with Gasteiger partial charge in [-0.2, -0.15) is 0 Å². The molecule has 4 nitrogen and oxygen atoms in total. The zero-order chi connectivity index (χ0) is 37.8. The van der Waals surface area contributed by atoms with E-state index in [0.29, 0.717) is 5.82 Å². The van der Waals surface area contributed by atoms with Crippen LogP contribution < -0.4 is 20.7 Å². The molecule has 0 aliphatic carbocycles. The Morgan fingerprint density at radius 1 is 0.316 bits per heavy atom. The number of fused-ring (bicyclic) bond motifs is 6. The van der Waals surface area contributed by atoms with E-state index in [1.54, 1.807) is 0 Å². The highest BCUT2D eigenvalue weighted by Gasteiger charge is 2.43. The van der Waals surface area contributed by atoms with E-state index in [0.717, 1.165) is 39.3 Å². The van der Waals surface area contributed by atoms with Gasteiger partial charge in [-0.25, -0.2) is 9.97 Å². The highest BCUT2D eigenvalue weighted by Crippen LogP contribution is 2.35. The summed E-state index contributed by atoms with van der Waals surface area (Å²) in [7, 11) is -2.96. The Bertz CT molecular complexity index is 2910. The maximum absolute atomic E-state index is 5.63. The van der Waals surface area contributed by atoms with Crippen LogP contribution in [0.4, 0.5) is 0 Å². The van der Waals surface area contributed by atoms with Gasteiger partial charge >= 0.3 is 0 Å². The number of rotatable bonds is 7. The summed E-state index contributed by atoms with van der Waals surface area (Å²) in [6.07, 6.45) is 0. The molecule has 57 heavy (non-hydrogen) atoms. The average molecular weight is 745 g/mol. The molecule has 0 fully saturated rings. The molecule has 268 valence electrons. The normalized spacial score (nSPS) is 11.9. The van der Waals surface area contributed by atoms with Crippen molar-refractivity contribution < 1.29 is 0 Å². The molecule has 3 aromatic heterocycles. The van der Waals surface area contributed by atoms with Crippen molar-refractivity contribution in [2.75, 3.05) is 0 Å². The van der Waals surface area contributed by atoms with Gasteiger partial charge in [-0.15, -0.1) is 0 Å². The Morgan fingerprint density at radius 3 is 1.02 bits per heavy atom. The van der Waals surface area contributed by atoms with Crippen molar-refractivity contribution >= 4 is 72.4 Å². The Hall–Kier alpha value is -7.34. The second kappa shape index (κ2) is 13.4. The number of hydrogen-bond donors (Lipinski definition) is 0. The average Bonchev–Trinajstić information content (AvgIpc) is 3.81. The summed E-state index contributed by atoms with van der Waals surface area (Å²) in [6.45, 7) is 0. The first-order chi connectivity index (χ1) is 28.3. The van der Waals surface area contributed by atoms with Crippen LogP contribution in [0.3, 0.4) is 0 Å². The lowest BCUT2D eigenvalue weighted by Gasteiger charge is -2.35. The fraction of sp³-hybridized carbons (Fsp3) is 0. The fourth-order valence-corrected chi connectivity index (χ4v) is 14.1. The van der Waals surface area contributed by atoms with Crippen LogP contribution in [0, 0.1) is 0 Å². The van der Waals surface area contributed by atoms with Gasteiger partial charge in [0, 0.05) is 33.2 Å². The van der Waals surface area contributed by atoms with Crippen LogP contribution in [0.15, 0.2) is 218 Å². The van der Waals surface area contributed by atoms with Gasteiger partial charge in [0.15, 0.2) is 13.9 Å². The lowest BCUT2D eigenvalue weighted by atomic mass is 10.2. The van der Waals surface area contributed by atoms with Crippen LogP contribution in [0.5, 0.6) is 0 Å². The third-order valence-corrected chi connectivity index (χ3v) is 16.4. The van der Waals surface area contributed by atoms with E-state index in [1.807, 2.05) is 0 Å². The molecular weight excluding hydrogens is 709 g/mol. The van der Waals surface area contributed by atoms with Crippen LogP contribution in [-0.4, -0.2) is 27.2 Å². The molecule has 0 atom stereocenters. The minimum atomic E-state index is -2.96. The Morgan fingerprint density at radius 2 is 0.632 bits per heavy atom. The number of nitrogens with zero attached hydrogens (tertiary/aromatic N) is 4. The lowest BCUT2D eigenvalue weighted by molar-refractivity contribution is 0.995. The highest BCUT2D eigenvalue weighted by molar-refractivity contribution is 7.20. The molecule has 0 radical (unpaired) electrons. The van der Waals surface area contributed by atoms with Gasteiger partial charge in [-0.1, -0.05) is 188 Å². The van der Waals surface area contributed by atoms with Crippen LogP contribution in [-0.2, 0) is 0 Å². The molecule has 11 rings (SSSR count). The highest BCUT2D eigenvalue weighted by atomic mass is 28.3. The molecule has 0 saturated carbocycles. The Kier molecular flexibility index (Phi) is 7.79. The van der Waals surface area contributed by atoms with Gasteiger partial charge in [0.2, 0.25) is 0 Å². The van der Waals surface area contributed by atoms with Crippen molar-refractivity contribution in [3.05, 3.63) is 218 Å². The van der Waals surface area contributed by atoms with Crippen molar-refractivity contribution in [1.82, 2.24) is 19.1 Å². The summed E-state index contributed by atoms with van der Waals surface area (Å²) in [5, 5.41) is 9.90. The molecule has 0 aliphatic heterocycles. The van der Waals surface area contributed by atoms with Crippen LogP contribution in [0.25, 0.3) is 66.6 Å². The third-order valence-electron chi connectivity index (χ3n) is 11.5. The topological polar surface area (TPSA) is 35.6 Å². The molecule has 0 amide bonds. The molecule has 0 saturated heterocycles. The number of aromatic nitrogens is 4. The molecule has 0 N–H and O–H groups in total. The monoisotopic (exact) mass is 744 g/mol. The first-order valence-electron chi connectivity index (χ1n) is 19.4. The maximum atomic E-state index is 5.63. The standard InChI is InChI=1S/C52H36N4Si/c1-4-20-37(21-5-1)57(38-22-6-2-7-23-38,39-24-8-3-9-25-39)49-35-19-14-30-44(49)52-53-50(55-45-31-15-10-26-40(45)41-27-11-16-32-46(41)55)36-51(54-52)56-47-33-17-12-28-42(47)43-29-13-18-34-48(43)56/h1-36H. The predicted octanol–water partition coefficient (Wildman–Crippen LogP) is 9.72. The van der Waals surface area contributed by atoms with Gasteiger partial charge in [-0.05, 0) is 45.0 Å². The van der Waals surface area contributed by atoms with Gasteiger partial charge in [0.05, 0.1) is 22.1 Å². The Balaban J connectivity index is 1.28. The molecular formula is C52H36N4Si. The van der Waals surface area contributed by atoms with Crippen LogP contribution >= 0.6 is 0 Å². The minimum absolute atomic E-state index is 0.682. The molecule has 8 aromatic carbocycles. The molecule has 3 heterocycles. The van der Waals surface area contributed by atoms with Crippen LogP contribution in [0.2, 0.25) is 0 Å². The molecule has 0 spiro atoms. The summed E-state index contributed by atoms with van der Waals surface area (Å²) in [5.41, 5.74) is 5.43. The van der Waals surface area contributed by atoms with Gasteiger partial charge in [0.1, 0.15) is 11.6 Å². The first-order valence-corrected chi connectivity index (χ1v) is 21.4. The van der Waals surface area contributed by atoms with E-state index in [9.17, 15) is 0 Å². The molecule has 11 aromatic rings. The second-order valence-corrected chi connectivity index (χ2v) is 18.3. The lowest BCUT2D eigenvalue weighted by Crippen LogP contribution is -2.75. The number of para-hydroxylation sites is 4. The van der Waals surface area contributed by atoms with Crippen molar-refractivity contribution in [1.29, 1.82) is 0 Å². The molecule has 5 heteroatoms.